The van der Waals surface area contributed by atoms with Crippen LogP contribution in [0.5, 0.6) is 0 Å². The van der Waals surface area contributed by atoms with E-state index in [1.807, 2.05) is 13.8 Å². The van der Waals surface area contributed by atoms with Gasteiger partial charge in [0.15, 0.2) is 0 Å². The maximum Gasteiger partial charge on any atom is 0.418 e. The first kappa shape index (κ1) is 21.2. The molecule has 2 aromatic rings. The molecule has 0 saturated carbocycles. The van der Waals surface area contributed by atoms with E-state index in [4.69, 9.17) is 4.74 Å². The van der Waals surface area contributed by atoms with Gasteiger partial charge in [-0.3, -0.25) is 4.79 Å². The van der Waals surface area contributed by atoms with E-state index in [9.17, 15) is 18.0 Å². The monoisotopic (exact) mass is 410 g/mol. The fourth-order valence-corrected chi connectivity index (χ4v) is 3.39. The van der Waals surface area contributed by atoms with E-state index in [0.717, 1.165) is 11.9 Å². The zero-order valence-corrected chi connectivity index (χ0v) is 16.7. The number of hydrogen-bond donors (Lipinski definition) is 1. The summed E-state index contributed by atoms with van der Waals surface area (Å²) < 4.78 is 47.9. The number of morpholine rings is 1. The highest BCUT2D eigenvalue weighted by atomic mass is 19.4. The van der Waals surface area contributed by atoms with E-state index in [0.29, 0.717) is 26.3 Å². The Labute approximate surface area is 167 Å². The Balaban J connectivity index is 1.83. The fraction of sp³-hybridized carbons (Fsp3) is 0.500. The Bertz CT molecular complexity index is 858. The first-order chi connectivity index (χ1) is 13.7. The van der Waals surface area contributed by atoms with Gasteiger partial charge >= 0.3 is 6.18 Å². The lowest BCUT2D eigenvalue weighted by Gasteiger charge is -2.31. The molecule has 1 fully saturated rings. The van der Waals surface area contributed by atoms with Crippen molar-refractivity contribution in [2.45, 2.75) is 38.9 Å². The second-order valence-electron chi connectivity index (χ2n) is 7.34. The van der Waals surface area contributed by atoms with Crippen LogP contribution in [0.2, 0.25) is 0 Å². The number of anilines is 2. The van der Waals surface area contributed by atoms with Crippen molar-refractivity contribution in [1.82, 2.24) is 9.55 Å². The third-order valence-corrected chi connectivity index (χ3v) is 4.93. The lowest BCUT2D eigenvalue weighted by Crippen LogP contribution is -2.37. The summed E-state index contributed by atoms with van der Waals surface area (Å²) in [6.07, 6.45) is -1.23. The zero-order chi connectivity index (χ0) is 21.2. The number of halogens is 3. The second-order valence-corrected chi connectivity index (χ2v) is 7.34. The van der Waals surface area contributed by atoms with E-state index >= 15 is 0 Å². The quantitative estimate of drug-likeness (QED) is 0.808. The highest BCUT2D eigenvalue weighted by molar-refractivity contribution is 5.94. The van der Waals surface area contributed by atoms with Crippen LogP contribution in [0.4, 0.5) is 24.5 Å². The van der Waals surface area contributed by atoms with Crippen molar-refractivity contribution >= 4 is 17.3 Å². The smallest absolute Gasteiger partial charge is 0.378 e. The number of nitrogens with one attached hydrogen (secondary N) is 1. The molecule has 0 bridgehead atoms. The van der Waals surface area contributed by atoms with Gasteiger partial charge in [0.1, 0.15) is 11.9 Å². The first-order valence-corrected chi connectivity index (χ1v) is 9.56. The van der Waals surface area contributed by atoms with Crippen molar-refractivity contribution in [3.8, 4) is 0 Å². The van der Waals surface area contributed by atoms with Crippen LogP contribution < -0.4 is 10.2 Å². The molecule has 1 atom stereocenters. The van der Waals surface area contributed by atoms with Crippen molar-refractivity contribution in [3.05, 3.63) is 42.0 Å². The Hall–Kier alpha value is -2.55. The van der Waals surface area contributed by atoms with E-state index in [-0.39, 0.29) is 17.3 Å². The predicted octanol–water partition coefficient (Wildman–Crippen LogP) is 4.06. The third kappa shape index (κ3) is 4.72. The maximum absolute atomic E-state index is 13.7. The van der Waals surface area contributed by atoms with Crippen LogP contribution in [0.15, 0.2) is 30.6 Å². The van der Waals surface area contributed by atoms with Crippen LogP contribution in [0.3, 0.4) is 0 Å². The number of ether oxygens (including phenoxy) is 1. The summed E-state index contributed by atoms with van der Waals surface area (Å²) >= 11 is 0. The standard InChI is InChI=1S/C20H25F3N4O2/c1-13(2)18-24-6-7-27(18)14(3)19(28)25-15-4-5-17(16(12-15)20(21,22)23)26-8-10-29-11-9-26/h4-7,12-14H,8-11H2,1-3H3,(H,25,28). The minimum atomic E-state index is -4.53. The third-order valence-electron chi connectivity index (χ3n) is 4.93. The second kappa shape index (κ2) is 8.44. The van der Waals surface area contributed by atoms with Crippen molar-refractivity contribution in [3.63, 3.8) is 0 Å². The van der Waals surface area contributed by atoms with E-state index in [1.54, 1.807) is 28.8 Å². The van der Waals surface area contributed by atoms with Gasteiger partial charge < -0.3 is 19.5 Å². The molecule has 6 nitrogen and oxygen atoms in total. The summed E-state index contributed by atoms with van der Waals surface area (Å²) in [5, 5.41) is 2.61. The highest BCUT2D eigenvalue weighted by Gasteiger charge is 2.36. The number of nitrogens with zero attached hydrogens (tertiary/aromatic N) is 3. The number of alkyl halides is 3. The van der Waals surface area contributed by atoms with Crippen molar-refractivity contribution in [2.75, 3.05) is 36.5 Å². The van der Waals surface area contributed by atoms with Gasteiger partial charge in [-0.25, -0.2) is 4.98 Å². The van der Waals surface area contributed by atoms with E-state index in [1.165, 1.54) is 12.1 Å². The molecule has 3 rings (SSSR count). The fourth-order valence-electron chi connectivity index (χ4n) is 3.39. The molecule has 1 saturated heterocycles. The number of carbonyl (C=O) groups excluding carboxylic acids is 1. The molecule has 0 aliphatic carbocycles. The van der Waals surface area contributed by atoms with Crippen LogP contribution in [-0.4, -0.2) is 41.8 Å². The Morgan fingerprint density at radius 3 is 2.52 bits per heavy atom. The summed E-state index contributed by atoms with van der Waals surface area (Å²) in [7, 11) is 0. The van der Waals surface area contributed by atoms with Gasteiger partial charge in [-0.05, 0) is 25.1 Å². The van der Waals surface area contributed by atoms with Gasteiger partial charge in [0.25, 0.3) is 0 Å². The van der Waals surface area contributed by atoms with Crippen molar-refractivity contribution < 1.29 is 22.7 Å². The highest BCUT2D eigenvalue weighted by Crippen LogP contribution is 2.38. The number of aromatic nitrogens is 2. The topological polar surface area (TPSA) is 59.4 Å². The minimum Gasteiger partial charge on any atom is -0.378 e. The van der Waals surface area contributed by atoms with Crippen LogP contribution in [0.1, 0.15) is 44.1 Å². The number of rotatable bonds is 5. The molecule has 1 aromatic carbocycles. The van der Waals surface area contributed by atoms with Crippen LogP contribution in [-0.2, 0) is 15.7 Å². The molecule has 9 heteroatoms. The lowest BCUT2D eigenvalue weighted by molar-refractivity contribution is -0.137. The molecule has 1 N–H and O–H groups in total. The summed E-state index contributed by atoms with van der Waals surface area (Å²) in [4.78, 5) is 18.6. The molecular formula is C20H25F3N4O2. The van der Waals surface area contributed by atoms with Gasteiger partial charge in [-0.1, -0.05) is 13.8 Å². The van der Waals surface area contributed by atoms with Gasteiger partial charge in [0.05, 0.1) is 18.8 Å². The number of benzene rings is 1. The van der Waals surface area contributed by atoms with Crippen molar-refractivity contribution in [2.24, 2.45) is 0 Å². The van der Waals surface area contributed by atoms with Gasteiger partial charge in [0, 0.05) is 42.8 Å². The normalized spacial score (nSPS) is 16.2. The van der Waals surface area contributed by atoms with Crippen LogP contribution in [0, 0.1) is 0 Å². The average molecular weight is 410 g/mol. The molecule has 1 unspecified atom stereocenters. The summed E-state index contributed by atoms with van der Waals surface area (Å²) in [6, 6.07) is 3.29. The zero-order valence-electron chi connectivity index (χ0n) is 16.7. The van der Waals surface area contributed by atoms with Crippen molar-refractivity contribution in [1.29, 1.82) is 0 Å². The number of hydrogen-bond acceptors (Lipinski definition) is 4. The van der Waals surface area contributed by atoms with Gasteiger partial charge in [0.2, 0.25) is 5.91 Å². The molecule has 0 spiro atoms. The van der Waals surface area contributed by atoms with E-state index < -0.39 is 23.7 Å². The van der Waals surface area contributed by atoms with Crippen LogP contribution in [0.25, 0.3) is 0 Å². The first-order valence-electron chi connectivity index (χ1n) is 9.56. The minimum absolute atomic E-state index is 0.101. The SMILES string of the molecule is CC(C)c1nccn1C(C)C(=O)Nc1ccc(N2CCOCC2)c(C(F)(F)F)c1. The molecule has 1 amide bonds. The Kier molecular flexibility index (Phi) is 6.16. The van der Waals surface area contributed by atoms with Gasteiger partial charge in [-0.2, -0.15) is 13.2 Å². The molecular weight excluding hydrogens is 385 g/mol. The number of imidazole rings is 1. The Morgan fingerprint density at radius 1 is 1.21 bits per heavy atom. The molecule has 1 aliphatic rings. The van der Waals surface area contributed by atoms with E-state index in [2.05, 4.69) is 10.3 Å². The lowest BCUT2D eigenvalue weighted by atomic mass is 10.1. The summed E-state index contributed by atoms with van der Waals surface area (Å²) in [6.45, 7) is 7.17. The molecule has 1 aromatic heterocycles. The molecule has 2 heterocycles. The largest absolute Gasteiger partial charge is 0.418 e. The van der Waals surface area contributed by atoms with Crippen LogP contribution >= 0.6 is 0 Å². The van der Waals surface area contributed by atoms with Gasteiger partial charge in [-0.15, -0.1) is 0 Å². The molecule has 0 radical (unpaired) electrons. The molecule has 29 heavy (non-hydrogen) atoms. The summed E-state index contributed by atoms with van der Waals surface area (Å²) in [5.41, 5.74) is -0.559. The number of amides is 1. The maximum atomic E-state index is 13.7. The number of carbonyl (C=O) groups is 1. The predicted molar refractivity (Wildman–Crippen MR) is 104 cm³/mol. The molecule has 1 aliphatic heterocycles. The Morgan fingerprint density at radius 2 is 1.90 bits per heavy atom. The molecule has 158 valence electrons. The average Bonchev–Trinajstić information content (AvgIpc) is 3.17. The summed E-state index contributed by atoms with van der Waals surface area (Å²) in [5.74, 6) is 0.452.